The van der Waals surface area contributed by atoms with E-state index in [1.54, 1.807) is 7.05 Å². The Kier molecular flexibility index (Phi) is 2.25. The van der Waals surface area contributed by atoms with Gasteiger partial charge in [0.05, 0.1) is 3.57 Å². The molecule has 4 nitrogen and oxygen atoms in total. The van der Waals surface area contributed by atoms with Gasteiger partial charge in [0.25, 0.3) is 0 Å². The van der Waals surface area contributed by atoms with Crippen molar-refractivity contribution in [1.82, 2.24) is 9.97 Å². The number of hydrogen-bond acceptors (Lipinski definition) is 4. The van der Waals surface area contributed by atoms with E-state index >= 15 is 0 Å². The third kappa shape index (κ3) is 1.28. The van der Waals surface area contributed by atoms with Crippen LogP contribution in [0.2, 0.25) is 0 Å². The number of hydrogen-bond donors (Lipinski definition) is 2. The normalized spacial score (nSPS) is 9.40. The van der Waals surface area contributed by atoms with E-state index < -0.39 is 0 Å². The van der Waals surface area contributed by atoms with Crippen LogP contribution in [0.25, 0.3) is 0 Å². The second kappa shape index (κ2) is 3.00. The maximum absolute atomic E-state index is 5.50. The van der Waals surface area contributed by atoms with Crippen LogP contribution in [-0.4, -0.2) is 17.0 Å². The monoisotopic (exact) mass is 250 g/mol. The number of nitrogen functional groups attached to an aromatic ring is 1. The van der Waals surface area contributed by atoms with Crippen LogP contribution in [0.1, 0.15) is 0 Å². The van der Waals surface area contributed by atoms with Crippen molar-refractivity contribution in [2.24, 2.45) is 0 Å². The highest BCUT2D eigenvalue weighted by atomic mass is 127. The highest BCUT2D eigenvalue weighted by Gasteiger charge is 2.01. The summed E-state index contributed by atoms with van der Waals surface area (Å²) in [7, 11) is 1.80. The van der Waals surface area contributed by atoms with Gasteiger partial charge in [0.2, 0.25) is 0 Å². The summed E-state index contributed by atoms with van der Waals surface area (Å²) < 4.78 is 0.864. The molecule has 1 aromatic rings. The molecule has 0 aliphatic heterocycles. The fraction of sp³-hybridized carbons (Fsp3) is 0.200. The van der Waals surface area contributed by atoms with Crippen LogP contribution in [0.4, 0.5) is 11.6 Å². The maximum Gasteiger partial charge on any atom is 0.144 e. The lowest BCUT2D eigenvalue weighted by atomic mass is 10.5. The molecule has 0 fully saturated rings. The number of halogens is 1. The van der Waals surface area contributed by atoms with Crippen LogP contribution >= 0.6 is 22.6 Å². The predicted molar refractivity (Wildman–Crippen MR) is 48.7 cm³/mol. The molecule has 5 heteroatoms. The van der Waals surface area contributed by atoms with Crippen LogP contribution < -0.4 is 11.1 Å². The van der Waals surface area contributed by atoms with Gasteiger partial charge < -0.3 is 11.1 Å². The fourth-order valence-corrected chi connectivity index (χ4v) is 1.11. The summed E-state index contributed by atoms with van der Waals surface area (Å²) in [5.41, 5.74) is 5.50. The Hall–Kier alpha value is -0.590. The largest absolute Gasteiger partial charge is 0.383 e. The number of nitrogens with zero attached hydrogens (tertiary/aromatic N) is 2. The van der Waals surface area contributed by atoms with E-state index in [2.05, 4.69) is 37.9 Å². The minimum absolute atomic E-state index is 0.514. The summed E-state index contributed by atoms with van der Waals surface area (Å²) >= 11 is 2.09. The molecule has 54 valence electrons. The van der Waals surface area contributed by atoms with E-state index in [-0.39, 0.29) is 0 Å². The van der Waals surface area contributed by atoms with Crippen molar-refractivity contribution in [3.8, 4) is 0 Å². The molecule has 1 heterocycles. The second-order valence-corrected chi connectivity index (χ2v) is 2.75. The van der Waals surface area contributed by atoms with Gasteiger partial charge in [0.15, 0.2) is 0 Å². The van der Waals surface area contributed by atoms with Gasteiger partial charge in [0.1, 0.15) is 18.0 Å². The van der Waals surface area contributed by atoms with E-state index in [1.807, 2.05) is 0 Å². The smallest absolute Gasteiger partial charge is 0.144 e. The zero-order valence-corrected chi connectivity index (χ0v) is 7.58. The number of aromatic nitrogens is 2. The van der Waals surface area contributed by atoms with Crippen LogP contribution in [-0.2, 0) is 0 Å². The fourth-order valence-electron chi connectivity index (χ4n) is 0.558. The Labute approximate surface area is 72.4 Å². The zero-order chi connectivity index (χ0) is 7.56. The first kappa shape index (κ1) is 7.52. The molecule has 0 spiro atoms. The SMILES string of the molecule is CNc1ncnc(N)c1I. The molecule has 0 aromatic carbocycles. The van der Waals surface area contributed by atoms with Gasteiger partial charge in [0, 0.05) is 7.05 Å². The lowest BCUT2D eigenvalue weighted by Crippen LogP contribution is -2.01. The second-order valence-electron chi connectivity index (χ2n) is 1.67. The van der Waals surface area contributed by atoms with Crippen molar-refractivity contribution in [2.45, 2.75) is 0 Å². The lowest BCUT2D eigenvalue weighted by Gasteiger charge is -2.01. The molecule has 1 rings (SSSR count). The minimum atomic E-state index is 0.514. The van der Waals surface area contributed by atoms with Gasteiger partial charge in [-0.2, -0.15) is 0 Å². The van der Waals surface area contributed by atoms with Crippen molar-refractivity contribution >= 4 is 34.2 Å². The minimum Gasteiger partial charge on any atom is -0.383 e. The summed E-state index contributed by atoms with van der Waals surface area (Å²) in [4.78, 5) is 7.75. The molecule has 0 saturated heterocycles. The molecule has 0 saturated carbocycles. The van der Waals surface area contributed by atoms with Crippen molar-refractivity contribution in [3.05, 3.63) is 9.90 Å². The molecule has 0 radical (unpaired) electrons. The molecule has 0 amide bonds. The third-order valence-corrected chi connectivity index (χ3v) is 2.12. The number of nitrogens with one attached hydrogen (secondary N) is 1. The quantitative estimate of drug-likeness (QED) is 0.720. The molecule has 1 aromatic heterocycles. The van der Waals surface area contributed by atoms with Crippen LogP contribution in [0.3, 0.4) is 0 Å². The predicted octanol–water partition coefficient (Wildman–Crippen LogP) is 0.705. The standard InChI is InChI=1S/C5H7IN4/c1-8-5-3(6)4(7)9-2-10-5/h2H,1H3,(H3,7,8,9,10). The zero-order valence-electron chi connectivity index (χ0n) is 5.43. The first-order valence-electron chi connectivity index (χ1n) is 2.69. The molecular weight excluding hydrogens is 243 g/mol. The van der Waals surface area contributed by atoms with Crippen molar-refractivity contribution in [1.29, 1.82) is 0 Å². The Morgan fingerprint density at radius 3 is 2.80 bits per heavy atom. The molecule has 10 heavy (non-hydrogen) atoms. The summed E-state index contributed by atoms with van der Waals surface area (Å²) in [5.74, 6) is 1.29. The van der Waals surface area contributed by atoms with Crippen LogP contribution in [0.5, 0.6) is 0 Å². The third-order valence-electron chi connectivity index (χ3n) is 1.05. The molecule has 0 atom stereocenters. The molecule has 0 bridgehead atoms. The maximum atomic E-state index is 5.50. The topological polar surface area (TPSA) is 63.8 Å². The van der Waals surface area contributed by atoms with E-state index in [1.165, 1.54) is 6.33 Å². The van der Waals surface area contributed by atoms with E-state index in [0.29, 0.717) is 5.82 Å². The van der Waals surface area contributed by atoms with Gasteiger partial charge in [-0.3, -0.25) is 0 Å². The number of rotatable bonds is 1. The Balaban J connectivity index is 3.14. The average molecular weight is 250 g/mol. The molecule has 0 aliphatic rings. The van der Waals surface area contributed by atoms with Crippen LogP contribution in [0.15, 0.2) is 6.33 Å². The van der Waals surface area contributed by atoms with Gasteiger partial charge in [-0.05, 0) is 22.6 Å². The van der Waals surface area contributed by atoms with E-state index in [4.69, 9.17) is 5.73 Å². The summed E-state index contributed by atoms with van der Waals surface area (Å²) in [6.45, 7) is 0. The first-order chi connectivity index (χ1) is 4.75. The Morgan fingerprint density at radius 2 is 2.30 bits per heavy atom. The Bertz CT molecular complexity index is 237. The summed E-state index contributed by atoms with van der Waals surface area (Å²) in [6, 6.07) is 0. The highest BCUT2D eigenvalue weighted by molar-refractivity contribution is 14.1. The van der Waals surface area contributed by atoms with Gasteiger partial charge in [-0.25, -0.2) is 9.97 Å². The van der Waals surface area contributed by atoms with E-state index in [0.717, 1.165) is 9.39 Å². The van der Waals surface area contributed by atoms with Crippen molar-refractivity contribution < 1.29 is 0 Å². The van der Waals surface area contributed by atoms with Crippen LogP contribution in [0, 0.1) is 3.57 Å². The first-order valence-corrected chi connectivity index (χ1v) is 3.77. The number of anilines is 2. The highest BCUT2D eigenvalue weighted by Crippen LogP contribution is 2.17. The van der Waals surface area contributed by atoms with Gasteiger partial charge >= 0.3 is 0 Å². The lowest BCUT2D eigenvalue weighted by molar-refractivity contribution is 1.15. The van der Waals surface area contributed by atoms with Crippen molar-refractivity contribution in [3.63, 3.8) is 0 Å². The van der Waals surface area contributed by atoms with Gasteiger partial charge in [-0.1, -0.05) is 0 Å². The average Bonchev–Trinajstić information content (AvgIpc) is 1.95. The summed E-state index contributed by atoms with van der Waals surface area (Å²) in [6.07, 6.45) is 1.43. The molecule has 0 unspecified atom stereocenters. The van der Waals surface area contributed by atoms with Gasteiger partial charge in [-0.15, -0.1) is 0 Å². The summed E-state index contributed by atoms with van der Waals surface area (Å²) in [5, 5.41) is 2.90. The molecule has 0 aliphatic carbocycles. The molecule has 3 N–H and O–H groups in total. The van der Waals surface area contributed by atoms with Crippen molar-refractivity contribution in [2.75, 3.05) is 18.1 Å². The Morgan fingerprint density at radius 1 is 1.60 bits per heavy atom. The van der Waals surface area contributed by atoms with E-state index in [9.17, 15) is 0 Å². The molecular formula is C5H7IN4. The number of nitrogens with two attached hydrogens (primary N) is 1.